The molecule has 0 aliphatic rings. The van der Waals surface area contributed by atoms with Crippen LogP contribution in [0.2, 0.25) is 0 Å². The Labute approximate surface area is 142 Å². The molecular formula is C13H10BrN3O5S. The lowest BCUT2D eigenvalue weighted by molar-refractivity contribution is -0.385. The highest BCUT2D eigenvalue weighted by molar-refractivity contribution is 9.11. The number of thiophene rings is 1. The van der Waals surface area contributed by atoms with Crippen LogP contribution >= 0.6 is 27.3 Å². The van der Waals surface area contributed by atoms with E-state index in [1.807, 2.05) is 0 Å². The van der Waals surface area contributed by atoms with E-state index in [0.717, 1.165) is 9.85 Å². The van der Waals surface area contributed by atoms with Crippen LogP contribution in [0.1, 0.15) is 20.0 Å². The molecule has 120 valence electrons. The maximum Gasteiger partial charge on any atom is 0.311 e. The largest absolute Gasteiger partial charge is 0.490 e. The number of hydrazine groups is 1. The SMILES string of the molecule is COc1ccc(C(=O)NNC(=O)c2ccc(Br)s2)cc1[N+](=O)[O-]. The number of methoxy groups -OCH3 is 1. The number of nitrogens with one attached hydrogen (secondary N) is 2. The molecule has 0 fully saturated rings. The number of amides is 2. The monoisotopic (exact) mass is 399 g/mol. The topological polar surface area (TPSA) is 111 Å². The fraction of sp³-hybridized carbons (Fsp3) is 0.0769. The molecule has 1 aromatic carbocycles. The molecule has 0 saturated carbocycles. The van der Waals surface area contributed by atoms with Crippen molar-refractivity contribution < 1.29 is 19.2 Å². The maximum atomic E-state index is 12.0. The van der Waals surface area contributed by atoms with E-state index in [1.54, 1.807) is 12.1 Å². The van der Waals surface area contributed by atoms with Gasteiger partial charge >= 0.3 is 5.69 Å². The zero-order chi connectivity index (χ0) is 17.0. The van der Waals surface area contributed by atoms with Crippen LogP contribution in [-0.4, -0.2) is 23.8 Å². The molecular weight excluding hydrogens is 390 g/mol. The van der Waals surface area contributed by atoms with Gasteiger partial charge in [-0.1, -0.05) is 0 Å². The minimum atomic E-state index is -0.681. The molecule has 0 spiro atoms. The average molecular weight is 400 g/mol. The molecule has 2 amide bonds. The summed E-state index contributed by atoms with van der Waals surface area (Å²) in [5.41, 5.74) is 4.12. The number of nitrogens with zero attached hydrogens (tertiary/aromatic N) is 1. The predicted molar refractivity (Wildman–Crippen MR) is 86.6 cm³/mol. The molecule has 1 heterocycles. The van der Waals surface area contributed by atoms with E-state index >= 15 is 0 Å². The summed E-state index contributed by atoms with van der Waals surface area (Å²) in [6, 6.07) is 7.03. The lowest BCUT2D eigenvalue weighted by Gasteiger charge is -2.07. The maximum absolute atomic E-state index is 12.0. The van der Waals surface area contributed by atoms with Crippen molar-refractivity contribution in [1.82, 2.24) is 10.9 Å². The van der Waals surface area contributed by atoms with E-state index in [2.05, 4.69) is 26.8 Å². The standard InChI is InChI=1S/C13H10BrN3O5S/c1-22-9-3-2-7(6-8(9)17(20)21)12(18)15-16-13(19)10-4-5-11(14)23-10/h2-6H,1H3,(H,15,18)(H,16,19). The Hall–Kier alpha value is -2.46. The third kappa shape index (κ3) is 4.05. The van der Waals surface area contributed by atoms with E-state index in [-0.39, 0.29) is 17.0 Å². The van der Waals surface area contributed by atoms with Gasteiger partial charge in [-0.15, -0.1) is 11.3 Å². The zero-order valence-corrected chi connectivity index (χ0v) is 14.1. The number of hydrogen-bond donors (Lipinski definition) is 2. The van der Waals surface area contributed by atoms with Gasteiger partial charge in [0.05, 0.1) is 20.7 Å². The lowest BCUT2D eigenvalue weighted by Crippen LogP contribution is -2.41. The molecule has 23 heavy (non-hydrogen) atoms. The minimum absolute atomic E-state index is 0.0187. The number of rotatable bonds is 4. The van der Waals surface area contributed by atoms with Gasteiger partial charge in [0.15, 0.2) is 5.75 Å². The second-order valence-corrected chi connectivity index (χ2v) is 6.62. The Balaban J connectivity index is 2.07. The normalized spacial score (nSPS) is 10.0. The third-order valence-corrected chi connectivity index (χ3v) is 4.35. The van der Waals surface area contributed by atoms with Crippen molar-refractivity contribution in [3.05, 3.63) is 54.7 Å². The second kappa shape index (κ2) is 7.20. The van der Waals surface area contributed by atoms with Crippen molar-refractivity contribution in [1.29, 1.82) is 0 Å². The molecule has 0 aliphatic heterocycles. The van der Waals surface area contributed by atoms with Crippen LogP contribution in [-0.2, 0) is 0 Å². The van der Waals surface area contributed by atoms with Crippen LogP contribution in [0.4, 0.5) is 5.69 Å². The van der Waals surface area contributed by atoms with Crippen LogP contribution in [0.3, 0.4) is 0 Å². The van der Waals surface area contributed by atoms with Crippen molar-refractivity contribution in [3.63, 3.8) is 0 Å². The first kappa shape index (κ1) is 16.9. The summed E-state index contributed by atoms with van der Waals surface area (Å²) in [6.07, 6.45) is 0. The van der Waals surface area contributed by atoms with Gasteiger partial charge in [0.25, 0.3) is 11.8 Å². The Kier molecular flexibility index (Phi) is 5.29. The Bertz CT molecular complexity index is 777. The smallest absolute Gasteiger partial charge is 0.311 e. The van der Waals surface area contributed by atoms with Crippen LogP contribution in [0.25, 0.3) is 0 Å². The number of nitro benzene ring substituents is 1. The van der Waals surface area contributed by atoms with E-state index < -0.39 is 16.7 Å². The van der Waals surface area contributed by atoms with Gasteiger partial charge in [-0.05, 0) is 40.2 Å². The van der Waals surface area contributed by atoms with Gasteiger partial charge in [0, 0.05) is 11.6 Å². The molecule has 0 radical (unpaired) electrons. The summed E-state index contributed by atoms with van der Waals surface area (Å²) in [7, 11) is 1.29. The molecule has 2 N–H and O–H groups in total. The number of hydrogen-bond acceptors (Lipinski definition) is 6. The van der Waals surface area contributed by atoms with Crippen LogP contribution in [0.15, 0.2) is 34.1 Å². The van der Waals surface area contributed by atoms with Crippen molar-refractivity contribution in [2.24, 2.45) is 0 Å². The fourth-order valence-electron chi connectivity index (χ4n) is 1.66. The Morgan fingerprint density at radius 3 is 2.48 bits per heavy atom. The van der Waals surface area contributed by atoms with Crippen LogP contribution < -0.4 is 15.6 Å². The van der Waals surface area contributed by atoms with Crippen molar-refractivity contribution >= 4 is 44.8 Å². The molecule has 0 atom stereocenters. The first-order chi connectivity index (χ1) is 10.9. The van der Waals surface area contributed by atoms with Gasteiger partial charge in [-0.25, -0.2) is 0 Å². The van der Waals surface area contributed by atoms with Gasteiger partial charge in [0.1, 0.15) is 0 Å². The Morgan fingerprint density at radius 2 is 1.91 bits per heavy atom. The van der Waals surface area contributed by atoms with E-state index in [1.165, 1.54) is 30.6 Å². The number of carbonyl (C=O) groups is 2. The molecule has 0 unspecified atom stereocenters. The van der Waals surface area contributed by atoms with Gasteiger partial charge in [-0.2, -0.15) is 0 Å². The molecule has 0 saturated heterocycles. The lowest BCUT2D eigenvalue weighted by atomic mass is 10.2. The molecule has 8 nitrogen and oxygen atoms in total. The van der Waals surface area contributed by atoms with Gasteiger partial charge in [-0.3, -0.25) is 30.6 Å². The molecule has 10 heteroatoms. The summed E-state index contributed by atoms with van der Waals surface area (Å²) >= 11 is 4.43. The third-order valence-electron chi connectivity index (χ3n) is 2.72. The van der Waals surface area contributed by atoms with Crippen molar-refractivity contribution in [3.8, 4) is 5.75 Å². The number of ether oxygens (including phenoxy) is 1. The summed E-state index contributed by atoms with van der Waals surface area (Å²) in [6.45, 7) is 0. The van der Waals surface area contributed by atoms with Crippen molar-refractivity contribution in [2.75, 3.05) is 7.11 Å². The van der Waals surface area contributed by atoms with Crippen LogP contribution in [0, 0.1) is 10.1 Å². The molecule has 2 aromatic rings. The summed E-state index contributed by atoms with van der Waals surface area (Å²) in [5.74, 6) is -1.13. The van der Waals surface area contributed by atoms with E-state index in [0.29, 0.717) is 4.88 Å². The quantitative estimate of drug-likeness (QED) is 0.605. The van der Waals surface area contributed by atoms with Crippen LogP contribution in [0.5, 0.6) is 5.75 Å². The number of benzene rings is 1. The summed E-state index contributed by atoms with van der Waals surface area (Å²) in [5, 5.41) is 10.9. The van der Waals surface area contributed by atoms with E-state index in [9.17, 15) is 19.7 Å². The predicted octanol–water partition coefficient (Wildman–Crippen LogP) is 2.50. The second-order valence-electron chi connectivity index (χ2n) is 4.16. The number of carbonyl (C=O) groups excluding carboxylic acids is 2. The molecule has 0 bridgehead atoms. The summed E-state index contributed by atoms with van der Waals surface area (Å²) in [4.78, 5) is 34.4. The van der Waals surface area contributed by atoms with E-state index in [4.69, 9.17) is 4.74 Å². The fourth-order valence-corrected chi connectivity index (χ4v) is 2.94. The van der Waals surface area contributed by atoms with Crippen molar-refractivity contribution in [2.45, 2.75) is 0 Å². The molecule has 0 aliphatic carbocycles. The Morgan fingerprint density at radius 1 is 1.22 bits per heavy atom. The first-order valence-electron chi connectivity index (χ1n) is 6.11. The first-order valence-corrected chi connectivity index (χ1v) is 7.71. The minimum Gasteiger partial charge on any atom is -0.490 e. The highest BCUT2D eigenvalue weighted by Crippen LogP contribution is 2.27. The number of halogens is 1. The molecule has 2 rings (SSSR count). The average Bonchev–Trinajstić information content (AvgIpc) is 2.98. The summed E-state index contributed by atoms with van der Waals surface area (Å²) < 4.78 is 5.63. The zero-order valence-electron chi connectivity index (χ0n) is 11.7. The highest BCUT2D eigenvalue weighted by Gasteiger charge is 2.18. The molecule has 1 aromatic heterocycles. The van der Waals surface area contributed by atoms with Gasteiger partial charge in [0.2, 0.25) is 0 Å². The highest BCUT2D eigenvalue weighted by atomic mass is 79.9. The number of nitro groups is 1. The van der Waals surface area contributed by atoms with Gasteiger partial charge < -0.3 is 4.74 Å².